The normalized spacial score (nSPS) is 10.3. The second-order valence-corrected chi connectivity index (χ2v) is 5.68. The van der Waals surface area contributed by atoms with E-state index in [9.17, 15) is 4.79 Å². The molecule has 23 heavy (non-hydrogen) atoms. The Hall–Kier alpha value is -2.66. The molecule has 1 heterocycles. The molecule has 0 spiro atoms. The molecule has 3 aromatic rings. The molecule has 1 aromatic heterocycles. The van der Waals surface area contributed by atoms with Gasteiger partial charge in [0.1, 0.15) is 12.4 Å². The molecule has 0 radical (unpaired) electrons. The van der Waals surface area contributed by atoms with Crippen LogP contribution in [0.25, 0.3) is 0 Å². The van der Waals surface area contributed by atoms with Crippen LogP contribution in [0.1, 0.15) is 21.6 Å². The molecule has 0 saturated carbocycles. The summed E-state index contributed by atoms with van der Waals surface area (Å²) in [5, 5.41) is 4.85. The van der Waals surface area contributed by atoms with Gasteiger partial charge in [0.2, 0.25) is 0 Å². The monoisotopic (exact) mass is 324 g/mol. The summed E-state index contributed by atoms with van der Waals surface area (Å²) < 4.78 is 5.63. The highest BCUT2D eigenvalue weighted by atomic mass is 32.1. The van der Waals surface area contributed by atoms with E-state index in [4.69, 9.17) is 4.74 Å². The third-order valence-corrected chi connectivity index (χ3v) is 3.92. The summed E-state index contributed by atoms with van der Waals surface area (Å²) >= 11 is 1.54. The smallest absolute Gasteiger partial charge is 0.251 e. The molecule has 116 valence electrons. The van der Waals surface area contributed by atoms with Gasteiger partial charge in [-0.1, -0.05) is 30.3 Å². The van der Waals surface area contributed by atoms with Crippen molar-refractivity contribution >= 4 is 17.2 Å². The summed E-state index contributed by atoms with van der Waals surface area (Å²) in [6.45, 7) is 0.949. The summed E-state index contributed by atoms with van der Waals surface area (Å²) in [7, 11) is 0. The number of nitrogens with one attached hydrogen (secondary N) is 1. The van der Waals surface area contributed by atoms with Crippen molar-refractivity contribution in [2.45, 2.75) is 13.2 Å². The molecule has 5 heteroatoms. The largest absolute Gasteiger partial charge is 0.487 e. The second-order valence-electron chi connectivity index (χ2n) is 4.96. The van der Waals surface area contributed by atoms with Gasteiger partial charge >= 0.3 is 0 Å². The van der Waals surface area contributed by atoms with Gasteiger partial charge in [0.25, 0.3) is 5.91 Å². The van der Waals surface area contributed by atoms with Gasteiger partial charge in [0.15, 0.2) is 0 Å². The standard InChI is InChI=1S/C18H16N2O2S/c21-18(19-10-14-4-2-1-3-5-14)15-6-8-17(9-7-15)22-11-16-12-23-13-20-16/h1-9,12-13H,10-11H2,(H,19,21). The molecule has 0 bridgehead atoms. The lowest BCUT2D eigenvalue weighted by atomic mass is 10.2. The molecule has 0 atom stereocenters. The number of nitrogens with zero attached hydrogens (tertiary/aromatic N) is 1. The van der Waals surface area contributed by atoms with E-state index in [2.05, 4.69) is 10.3 Å². The summed E-state index contributed by atoms with van der Waals surface area (Å²) in [6, 6.07) is 16.9. The lowest BCUT2D eigenvalue weighted by molar-refractivity contribution is 0.0951. The van der Waals surface area contributed by atoms with Gasteiger partial charge in [-0.3, -0.25) is 4.79 Å². The molecule has 4 nitrogen and oxygen atoms in total. The van der Waals surface area contributed by atoms with Gasteiger partial charge in [-0.05, 0) is 29.8 Å². The zero-order valence-corrected chi connectivity index (χ0v) is 13.3. The quantitative estimate of drug-likeness (QED) is 0.753. The summed E-state index contributed by atoms with van der Waals surface area (Å²) in [5.41, 5.74) is 4.37. The lowest BCUT2D eigenvalue weighted by Gasteiger charge is -2.07. The fourth-order valence-electron chi connectivity index (χ4n) is 2.05. The van der Waals surface area contributed by atoms with Crippen molar-refractivity contribution in [2.75, 3.05) is 0 Å². The van der Waals surface area contributed by atoms with Crippen molar-refractivity contribution in [3.05, 3.63) is 82.3 Å². The highest BCUT2D eigenvalue weighted by molar-refractivity contribution is 7.07. The molecule has 0 aliphatic heterocycles. The molecule has 0 aliphatic carbocycles. The van der Waals surface area contributed by atoms with Crippen LogP contribution in [0, 0.1) is 0 Å². The predicted octanol–water partition coefficient (Wildman–Crippen LogP) is 3.65. The van der Waals surface area contributed by atoms with Gasteiger partial charge in [0.05, 0.1) is 11.2 Å². The van der Waals surface area contributed by atoms with Crippen LogP contribution in [0.4, 0.5) is 0 Å². The van der Waals surface area contributed by atoms with E-state index in [1.807, 2.05) is 35.7 Å². The number of rotatable bonds is 6. The molecular formula is C18H16N2O2S. The fraction of sp³-hybridized carbons (Fsp3) is 0.111. The van der Waals surface area contributed by atoms with E-state index in [-0.39, 0.29) is 5.91 Å². The minimum Gasteiger partial charge on any atom is -0.487 e. The minimum atomic E-state index is -0.0973. The molecule has 3 rings (SSSR count). The van der Waals surface area contributed by atoms with E-state index in [0.29, 0.717) is 18.7 Å². The first-order chi connectivity index (χ1) is 11.3. The molecule has 0 fully saturated rings. The average molecular weight is 324 g/mol. The third kappa shape index (κ3) is 4.40. The molecule has 2 aromatic carbocycles. The number of amides is 1. The maximum absolute atomic E-state index is 12.1. The number of hydrogen-bond acceptors (Lipinski definition) is 4. The van der Waals surface area contributed by atoms with Gasteiger partial charge in [-0.25, -0.2) is 4.98 Å². The molecule has 1 N–H and O–H groups in total. The van der Waals surface area contributed by atoms with Crippen molar-refractivity contribution in [3.8, 4) is 5.75 Å². The number of hydrogen-bond donors (Lipinski definition) is 1. The number of thiazole rings is 1. The summed E-state index contributed by atoms with van der Waals surface area (Å²) in [6.07, 6.45) is 0. The Morgan fingerprint density at radius 3 is 2.57 bits per heavy atom. The predicted molar refractivity (Wildman–Crippen MR) is 90.5 cm³/mol. The number of ether oxygens (including phenoxy) is 1. The van der Waals surface area contributed by atoms with Crippen LogP contribution in [-0.4, -0.2) is 10.9 Å². The number of benzene rings is 2. The van der Waals surface area contributed by atoms with Gasteiger partial charge in [-0.2, -0.15) is 0 Å². The molecule has 0 unspecified atom stereocenters. The van der Waals surface area contributed by atoms with Crippen LogP contribution >= 0.6 is 11.3 Å². The van der Waals surface area contributed by atoms with Crippen molar-refractivity contribution < 1.29 is 9.53 Å². The summed E-state index contributed by atoms with van der Waals surface area (Å²) in [4.78, 5) is 16.3. The highest BCUT2D eigenvalue weighted by Gasteiger charge is 2.05. The van der Waals surface area contributed by atoms with E-state index in [0.717, 1.165) is 17.0 Å². The third-order valence-electron chi connectivity index (χ3n) is 3.28. The Morgan fingerprint density at radius 1 is 1.09 bits per heavy atom. The maximum atomic E-state index is 12.1. The first-order valence-electron chi connectivity index (χ1n) is 7.23. The van der Waals surface area contributed by atoms with E-state index in [1.54, 1.807) is 41.1 Å². The SMILES string of the molecule is O=C(NCc1ccccc1)c1ccc(OCc2cscn2)cc1. The Morgan fingerprint density at radius 2 is 1.87 bits per heavy atom. The van der Waals surface area contributed by atoms with Crippen molar-refractivity contribution in [1.29, 1.82) is 0 Å². The Kier molecular flexibility index (Phi) is 5.01. The van der Waals surface area contributed by atoms with Crippen molar-refractivity contribution in [1.82, 2.24) is 10.3 Å². The van der Waals surface area contributed by atoms with Crippen LogP contribution in [-0.2, 0) is 13.2 Å². The molecule has 1 amide bonds. The highest BCUT2D eigenvalue weighted by Crippen LogP contribution is 2.14. The second kappa shape index (κ2) is 7.56. The van der Waals surface area contributed by atoms with Gasteiger partial charge < -0.3 is 10.1 Å². The van der Waals surface area contributed by atoms with Crippen LogP contribution in [0.5, 0.6) is 5.75 Å². The van der Waals surface area contributed by atoms with E-state index >= 15 is 0 Å². The van der Waals surface area contributed by atoms with E-state index in [1.165, 1.54) is 0 Å². The van der Waals surface area contributed by atoms with Crippen LogP contribution in [0.2, 0.25) is 0 Å². The topological polar surface area (TPSA) is 51.2 Å². The number of carbonyl (C=O) groups excluding carboxylic acids is 1. The average Bonchev–Trinajstić information content (AvgIpc) is 3.13. The first kappa shape index (κ1) is 15.2. The van der Waals surface area contributed by atoms with E-state index < -0.39 is 0 Å². The minimum absolute atomic E-state index is 0.0973. The van der Waals surface area contributed by atoms with Crippen molar-refractivity contribution in [3.63, 3.8) is 0 Å². The van der Waals surface area contributed by atoms with Crippen LogP contribution in [0.15, 0.2) is 65.5 Å². The zero-order chi connectivity index (χ0) is 15.9. The molecule has 0 saturated heterocycles. The zero-order valence-electron chi connectivity index (χ0n) is 12.4. The first-order valence-corrected chi connectivity index (χ1v) is 8.17. The molecule has 0 aliphatic rings. The lowest BCUT2D eigenvalue weighted by Crippen LogP contribution is -2.22. The fourth-order valence-corrected chi connectivity index (χ4v) is 2.59. The van der Waals surface area contributed by atoms with Crippen LogP contribution in [0.3, 0.4) is 0 Å². The Balaban J connectivity index is 1.53. The summed E-state index contributed by atoms with van der Waals surface area (Å²) in [5.74, 6) is 0.623. The molecular weight excluding hydrogens is 308 g/mol. The van der Waals surface area contributed by atoms with Gasteiger partial charge in [0, 0.05) is 17.5 Å². The number of carbonyl (C=O) groups is 1. The maximum Gasteiger partial charge on any atom is 0.251 e. The Bertz CT molecular complexity index is 740. The Labute approximate surface area is 138 Å². The number of aromatic nitrogens is 1. The van der Waals surface area contributed by atoms with Gasteiger partial charge in [-0.15, -0.1) is 11.3 Å². The van der Waals surface area contributed by atoms with Crippen LogP contribution < -0.4 is 10.1 Å². The van der Waals surface area contributed by atoms with Crippen molar-refractivity contribution in [2.24, 2.45) is 0 Å².